The summed E-state index contributed by atoms with van der Waals surface area (Å²) < 4.78 is 10.6. The number of hydrogen-bond acceptors (Lipinski definition) is 4. The number of carbonyl (C=O) groups is 2. The van der Waals surface area contributed by atoms with E-state index in [-0.39, 0.29) is 11.8 Å². The van der Waals surface area contributed by atoms with E-state index in [0.717, 1.165) is 6.42 Å². The molecule has 0 bridgehead atoms. The molecule has 0 radical (unpaired) electrons. The van der Waals surface area contributed by atoms with Gasteiger partial charge in [-0.25, -0.2) is 4.79 Å². The summed E-state index contributed by atoms with van der Waals surface area (Å²) in [6, 6.07) is -0.629. The summed E-state index contributed by atoms with van der Waals surface area (Å²) in [7, 11) is 0. The predicted molar refractivity (Wildman–Crippen MR) is 71.6 cm³/mol. The van der Waals surface area contributed by atoms with E-state index in [4.69, 9.17) is 9.47 Å². The van der Waals surface area contributed by atoms with Gasteiger partial charge in [0.1, 0.15) is 17.7 Å². The topological polar surface area (TPSA) is 64.6 Å². The van der Waals surface area contributed by atoms with Crippen molar-refractivity contribution in [3.05, 3.63) is 0 Å². The minimum absolute atomic E-state index is 0.0276. The molecule has 0 saturated carbocycles. The second kappa shape index (κ2) is 6.37. The number of rotatable bonds is 4. The summed E-state index contributed by atoms with van der Waals surface area (Å²) >= 11 is 0. The van der Waals surface area contributed by atoms with Crippen molar-refractivity contribution in [3.63, 3.8) is 0 Å². The fourth-order valence-corrected chi connectivity index (χ4v) is 1.89. The average Bonchev–Trinajstić information content (AvgIpc) is 2.75. The number of carbonyl (C=O) groups excluding carboxylic acids is 2. The van der Waals surface area contributed by atoms with E-state index in [1.807, 2.05) is 34.6 Å². The SMILES string of the molecule is CC(C)[C@H](NC(=O)[C@H]1CCCO1)C(=O)OC(C)(C)C. The van der Waals surface area contributed by atoms with Crippen molar-refractivity contribution in [1.82, 2.24) is 5.32 Å². The van der Waals surface area contributed by atoms with Crippen LogP contribution in [0.15, 0.2) is 0 Å². The van der Waals surface area contributed by atoms with Crippen molar-refractivity contribution in [2.24, 2.45) is 5.92 Å². The number of nitrogens with one attached hydrogen (secondary N) is 1. The first-order valence-corrected chi connectivity index (χ1v) is 6.85. The Labute approximate surface area is 115 Å². The first-order chi connectivity index (χ1) is 8.70. The smallest absolute Gasteiger partial charge is 0.329 e. The van der Waals surface area contributed by atoms with E-state index in [9.17, 15) is 9.59 Å². The van der Waals surface area contributed by atoms with Crippen LogP contribution in [0, 0.1) is 5.92 Å². The molecule has 1 saturated heterocycles. The van der Waals surface area contributed by atoms with Gasteiger partial charge in [-0.3, -0.25) is 4.79 Å². The van der Waals surface area contributed by atoms with Crippen LogP contribution in [0.25, 0.3) is 0 Å². The molecular formula is C14H25NO4. The third-order valence-electron chi connectivity index (χ3n) is 2.85. The lowest BCUT2D eigenvalue weighted by molar-refractivity contribution is -0.160. The van der Waals surface area contributed by atoms with Gasteiger partial charge in [0.05, 0.1) is 0 Å². The zero-order valence-corrected chi connectivity index (χ0v) is 12.5. The predicted octanol–water partition coefficient (Wildman–Crippen LogP) is 1.65. The number of amides is 1. The molecule has 1 fully saturated rings. The molecule has 1 N–H and O–H groups in total. The zero-order valence-electron chi connectivity index (χ0n) is 12.5. The standard InChI is InChI=1S/C14H25NO4/c1-9(2)11(13(17)19-14(3,4)5)15-12(16)10-7-6-8-18-10/h9-11H,6-8H2,1-5H3,(H,15,16)/t10-,11+/m1/s1. The molecule has 0 aromatic heterocycles. The maximum Gasteiger partial charge on any atom is 0.329 e. The normalized spacial score (nSPS) is 21.3. The van der Waals surface area contributed by atoms with Gasteiger partial charge in [0.2, 0.25) is 5.91 Å². The van der Waals surface area contributed by atoms with Gasteiger partial charge < -0.3 is 14.8 Å². The monoisotopic (exact) mass is 271 g/mol. The third-order valence-corrected chi connectivity index (χ3v) is 2.85. The third kappa shape index (κ3) is 5.19. The number of esters is 1. The molecule has 19 heavy (non-hydrogen) atoms. The highest BCUT2D eigenvalue weighted by molar-refractivity contribution is 5.87. The van der Waals surface area contributed by atoms with Gasteiger partial charge in [-0.05, 0) is 39.5 Å². The maximum absolute atomic E-state index is 12.1. The molecule has 1 heterocycles. The lowest BCUT2D eigenvalue weighted by atomic mass is 10.0. The van der Waals surface area contributed by atoms with Gasteiger partial charge in [0.15, 0.2) is 0 Å². The summed E-state index contributed by atoms with van der Waals surface area (Å²) in [5.74, 6) is -0.642. The number of ether oxygens (including phenoxy) is 2. The Balaban J connectivity index is 2.62. The molecule has 0 spiro atoms. The van der Waals surface area contributed by atoms with E-state index in [0.29, 0.717) is 13.0 Å². The Hall–Kier alpha value is -1.10. The lowest BCUT2D eigenvalue weighted by Crippen LogP contribution is -2.50. The first-order valence-electron chi connectivity index (χ1n) is 6.85. The minimum atomic E-state index is -0.629. The van der Waals surface area contributed by atoms with Crippen LogP contribution in [0.3, 0.4) is 0 Å². The van der Waals surface area contributed by atoms with Crippen LogP contribution in [0.4, 0.5) is 0 Å². The zero-order chi connectivity index (χ0) is 14.6. The molecule has 110 valence electrons. The second-order valence-corrected chi connectivity index (χ2v) is 6.27. The highest BCUT2D eigenvalue weighted by Crippen LogP contribution is 2.15. The van der Waals surface area contributed by atoms with Crippen LogP contribution in [0.2, 0.25) is 0 Å². The maximum atomic E-state index is 12.1. The lowest BCUT2D eigenvalue weighted by Gasteiger charge is -2.27. The molecule has 1 rings (SSSR count). The van der Waals surface area contributed by atoms with Crippen LogP contribution < -0.4 is 5.32 Å². The van der Waals surface area contributed by atoms with Crippen LogP contribution in [-0.2, 0) is 19.1 Å². The fourth-order valence-electron chi connectivity index (χ4n) is 1.89. The Morgan fingerprint density at radius 3 is 2.37 bits per heavy atom. The Morgan fingerprint density at radius 1 is 1.32 bits per heavy atom. The highest BCUT2D eigenvalue weighted by Gasteiger charge is 2.32. The molecule has 1 aliphatic heterocycles. The quantitative estimate of drug-likeness (QED) is 0.790. The van der Waals surface area contributed by atoms with Gasteiger partial charge in [-0.2, -0.15) is 0 Å². The highest BCUT2D eigenvalue weighted by atomic mass is 16.6. The van der Waals surface area contributed by atoms with Gasteiger partial charge >= 0.3 is 5.97 Å². The molecule has 1 aliphatic rings. The van der Waals surface area contributed by atoms with Crippen LogP contribution >= 0.6 is 0 Å². The summed E-state index contributed by atoms with van der Waals surface area (Å²) in [6.45, 7) is 9.80. The van der Waals surface area contributed by atoms with Crippen molar-refractivity contribution >= 4 is 11.9 Å². The summed E-state index contributed by atoms with van der Waals surface area (Å²) in [5.41, 5.74) is -0.557. The van der Waals surface area contributed by atoms with E-state index < -0.39 is 23.7 Å². The Kier molecular flexibility index (Phi) is 5.35. The average molecular weight is 271 g/mol. The van der Waals surface area contributed by atoms with E-state index in [1.54, 1.807) is 0 Å². The van der Waals surface area contributed by atoms with E-state index >= 15 is 0 Å². The fraction of sp³-hybridized carbons (Fsp3) is 0.857. The first kappa shape index (κ1) is 16.0. The van der Waals surface area contributed by atoms with Crippen LogP contribution in [0.1, 0.15) is 47.5 Å². The van der Waals surface area contributed by atoms with Crippen molar-refractivity contribution < 1.29 is 19.1 Å². The molecule has 5 nitrogen and oxygen atoms in total. The van der Waals surface area contributed by atoms with Crippen molar-refractivity contribution in [1.29, 1.82) is 0 Å². The molecule has 1 amide bonds. The summed E-state index contributed by atoms with van der Waals surface area (Å²) in [4.78, 5) is 24.1. The van der Waals surface area contributed by atoms with Gasteiger partial charge in [-0.15, -0.1) is 0 Å². The minimum Gasteiger partial charge on any atom is -0.458 e. The van der Waals surface area contributed by atoms with Gasteiger partial charge in [0.25, 0.3) is 0 Å². The molecule has 0 aromatic rings. The van der Waals surface area contributed by atoms with Gasteiger partial charge in [-0.1, -0.05) is 13.8 Å². The Morgan fingerprint density at radius 2 is 1.95 bits per heavy atom. The molecule has 0 unspecified atom stereocenters. The van der Waals surface area contributed by atoms with Crippen LogP contribution in [0.5, 0.6) is 0 Å². The molecular weight excluding hydrogens is 246 g/mol. The second-order valence-electron chi connectivity index (χ2n) is 6.27. The summed E-state index contributed by atoms with van der Waals surface area (Å²) in [6.07, 6.45) is 1.17. The van der Waals surface area contributed by atoms with Crippen molar-refractivity contribution in [2.75, 3.05) is 6.61 Å². The van der Waals surface area contributed by atoms with Crippen LogP contribution in [-0.4, -0.2) is 36.2 Å². The van der Waals surface area contributed by atoms with E-state index in [2.05, 4.69) is 5.32 Å². The Bertz CT molecular complexity index is 327. The molecule has 2 atom stereocenters. The molecule has 5 heteroatoms. The van der Waals surface area contributed by atoms with E-state index in [1.165, 1.54) is 0 Å². The van der Waals surface area contributed by atoms with Crippen molar-refractivity contribution in [3.8, 4) is 0 Å². The molecule has 0 aliphatic carbocycles. The van der Waals surface area contributed by atoms with Gasteiger partial charge in [0, 0.05) is 6.61 Å². The van der Waals surface area contributed by atoms with Crippen molar-refractivity contribution in [2.45, 2.75) is 65.2 Å². The summed E-state index contributed by atoms with van der Waals surface area (Å²) in [5, 5.41) is 2.74. The number of hydrogen-bond donors (Lipinski definition) is 1. The largest absolute Gasteiger partial charge is 0.458 e. The molecule has 0 aromatic carbocycles.